The van der Waals surface area contributed by atoms with Gasteiger partial charge in [-0.2, -0.15) is 0 Å². The number of halogens is 2. The van der Waals surface area contributed by atoms with Crippen LogP contribution in [-0.2, 0) is 5.41 Å². The van der Waals surface area contributed by atoms with E-state index < -0.39 is 5.41 Å². The molecule has 0 unspecified atom stereocenters. The SMILES string of the molecule is Nc1ccc(C2(c3ccc(N)cc3)c3cc(Cl)ccc3-c3cccc(C#CCl)c32)cc1. The minimum Gasteiger partial charge on any atom is -0.399 e. The van der Waals surface area contributed by atoms with Gasteiger partial charge in [-0.05, 0) is 93.4 Å². The third kappa shape index (κ3) is 2.90. The molecule has 0 radical (unpaired) electrons. The second-order valence-corrected chi connectivity index (χ2v) is 8.26. The zero-order valence-electron chi connectivity index (χ0n) is 16.5. The normalized spacial score (nSPS) is 13.1. The lowest BCUT2D eigenvalue weighted by Gasteiger charge is -2.34. The summed E-state index contributed by atoms with van der Waals surface area (Å²) in [5.74, 6) is 3.11. The molecule has 5 rings (SSSR count). The Labute approximate surface area is 191 Å². The quantitative estimate of drug-likeness (QED) is 0.246. The van der Waals surface area contributed by atoms with Crippen molar-refractivity contribution in [3.8, 4) is 22.4 Å². The highest BCUT2D eigenvalue weighted by atomic mass is 35.5. The second kappa shape index (κ2) is 7.39. The standard InChI is InChI=1S/C27H18Cl2N2/c28-15-14-17-2-1-3-24-23-13-8-20(29)16-25(23)27(26(17)24,18-4-9-21(30)10-5-18)19-6-11-22(31)12-7-19/h1-13,16H,30-31H2. The van der Waals surface area contributed by atoms with Gasteiger partial charge < -0.3 is 11.5 Å². The van der Waals surface area contributed by atoms with Crippen molar-refractivity contribution in [2.75, 3.05) is 11.5 Å². The fourth-order valence-corrected chi connectivity index (χ4v) is 5.04. The first-order chi connectivity index (χ1) is 15.1. The Morgan fingerprint density at radius 1 is 0.710 bits per heavy atom. The van der Waals surface area contributed by atoms with Gasteiger partial charge in [-0.1, -0.05) is 54.1 Å². The Morgan fingerprint density at radius 3 is 1.90 bits per heavy atom. The Kier molecular flexibility index (Phi) is 4.67. The lowest BCUT2D eigenvalue weighted by molar-refractivity contribution is 0.766. The van der Waals surface area contributed by atoms with Gasteiger partial charge in [0.1, 0.15) is 0 Å². The third-order valence-corrected chi connectivity index (χ3v) is 6.31. The molecule has 4 heteroatoms. The summed E-state index contributed by atoms with van der Waals surface area (Å²) >= 11 is 12.4. The van der Waals surface area contributed by atoms with Gasteiger partial charge in [-0.15, -0.1) is 0 Å². The Morgan fingerprint density at radius 2 is 1.32 bits per heavy atom. The van der Waals surface area contributed by atoms with E-state index in [1.165, 1.54) is 0 Å². The summed E-state index contributed by atoms with van der Waals surface area (Å²) in [5, 5.41) is 3.24. The molecule has 0 fully saturated rings. The first-order valence-corrected chi connectivity index (χ1v) is 10.6. The molecule has 0 amide bonds. The number of fused-ring (bicyclic) bond motifs is 3. The van der Waals surface area contributed by atoms with Crippen LogP contribution in [0.1, 0.15) is 27.8 Å². The number of nitrogen functional groups attached to an aromatic ring is 2. The van der Waals surface area contributed by atoms with Crippen molar-refractivity contribution in [1.82, 2.24) is 0 Å². The third-order valence-electron chi connectivity index (χ3n) is 5.98. The molecule has 1 aliphatic carbocycles. The van der Waals surface area contributed by atoms with Crippen molar-refractivity contribution < 1.29 is 0 Å². The lowest BCUT2D eigenvalue weighted by Crippen LogP contribution is -2.29. The van der Waals surface area contributed by atoms with Crippen LogP contribution in [0, 0.1) is 11.3 Å². The molecule has 4 aromatic carbocycles. The van der Waals surface area contributed by atoms with Gasteiger partial charge in [-0.25, -0.2) is 0 Å². The number of nitrogens with two attached hydrogens (primary N) is 2. The van der Waals surface area contributed by atoms with Crippen LogP contribution in [0.4, 0.5) is 11.4 Å². The molecule has 0 bridgehead atoms. The molecule has 150 valence electrons. The summed E-state index contributed by atoms with van der Waals surface area (Å²) in [7, 11) is 0. The molecule has 31 heavy (non-hydrogen) atoms. The minimum absolute atomic E-state index is 0.645. The summed E-state index contributed by atoms with van der Waals surface area (Å²) in [5.41, 5.74) is 20.2. The molecular formula is C27H18Cl2N2. The highest BCUT2D eigenvalue weighted by Gasteiger charge is 2.47. The summed E-state index contributed by atoms with van der Waals surface area (Å²) in [6.07, 6.45) is 0. The average Bonchev–Trinajstić information content (AvgIpc) is 3.06. The Bertz CT molecular complexity index is 1320. The molecule has 4 N–H and O–H groups in total. The van der Waals surface area contributed by atoms with Crippen LogP contribution in [0.5, 0.6) is 0 Å². The van der Waals surface area contributed by atoms with E-state index >= 15 is 0 Å². The molecule has 0 atom stereocenters. The van der Waals surface area contributed by atoms with Crippen molar-refractivity contribution >= 4 is 34.6 Å². The van der Waals surface area contributed by atoms with Crippen molar-refractivity contribution in [1.29, 1.82) is 0 Å². The van der Waals surface area contributed by atoms with Gasteiger partial charge in [0.15, 0.2) is 0 Å². The number of rotatable bonds is 2. The molecule has 0 saturated heterocycles. The maximum atomic E-state index is 6.53. The second-order valence-electron chi connectivity index (χ2n) is 7.63. The predicted molar refractivity (Wildman–Crippen MR) is 130 cm³/mol. The average molecular weight is 441 g/mol. The maximum absolute atomic E-state index is 6.53. The van der Waals surface area contributed by atoms with E-state index in [9.17, 15) is 0 Å². The Balaban J connectivity index is 2.01. The fraction of sp³-hybridized carbons (Fsp3) is 0.0370. The van der Waals surface area contributed by atoms with Gasteiger partial charge in [-0.3, -0.25) is 0 Å². The van der Waals surface area contributed by atoms with E-state index in [-0.39, 0.29) is 0 Å². The van der Waals surface area contributed by atoms with E-state index in [0.717, 1.165) is 38.9 Å². The molecule has 1 aliphatic rings. The van der Waals surface area contributed by atoms with Crippen molar-refractivity contribution in [3.63, 3.8) is 0 Å². The van der Waals surface area contributed by atoms with E-state index in [1.54, 1.807) is 0 Å². The van der Waals surface area contributed by atoms with Crippen molar-refractivity contribution in [3.05, 3.63) is 118 Å². The number of benzene rings is 4. The van der Waals surface area contributed by atoms with E-state index in [0.29, 0.717) is 16.4 Å². The molecule has 4 aromatic rings. The highest BCUT2D eigenvalue weighted by Crippen LogP contribution is 2.57. The number of anilines is 2. The lowest BCUT2D eigenvalue weighted by atomic mass is 9.66. The molecule has 0 aromatic heterocycles. The van der Waals surface area contributed by atoms with Crippen molar-refractivity contribution in [2.24, 2.45) is 0 Å². The first-order valence-electron chi connectivity index (χ1n) is 9.83. The highest BCUT2D eigenvalue weighted by molar-refractivity contribution is 6.31. The zero-order valence-corrected chi connectivity index (χ0v) is 18.0. The van der Waals surface area contributed by atoms with Crippen LogP contribution < -0.4 is 11.5 Å². The van der Waals surface area contributed by atoms with E-state index in [4.69, 9.17) is 34.7 Å². The number of hydrogen-bond acceptors (Lipinski definition) is 2. The van der Waals surface area contributed by atoms with Crippen LogP contribution in [0.2, 0.25) is 5.02 Å². The summed E-state index contributed by atoms with van der Waals surface area (Å²) in [6.45, 7) is 0. The number of hydrogen-bond donors (Lipinski definition) is 2. The molecule has 0 heterocycles. The summed E-state index contributed by atoms with van der Waals surface area (Å²) < 4.78 is 0. The van der Waals surface area contributed by atoms with Crippen LogP contribution in [-0.4, -0.2) is 0 Å². The monoisotopic (exact) mass is 440 g/mol. The minimum atomic E-state index is -0.645. The zero-order chi connectivity index (χ0) is 21.6. The molecule has 0 aliphatic heterocycles. The van der Waals surface area contributed by atoms with Crippen molar-refractivity contribution in [2.45, 2.75) is 5.41 Å². The molecular weight excluding hydrogens is 423 g/mol. The topological polar surface area (TPSA) is 52.0 Å². The van der Waals surface area contributed by atoms with Gasteiger partial charge >= 0.3 is 0 Å². The summed E-state index contributed by atoms with van der Waals surface area (Å²) in [6, 6.07) is 28.1. The van der Waals surface area contributed by atoms with Gasteiger partial charge in [0.25, 0.3) is 0 Å². The van der Waals surface area contributed by atoms with E-state index in [1.807, 2.05) is 48.5 Å². The predicted octanol–water partition coefficient (Wildman–Crippen LogP) is 6.42. The van der Waals surface area contributed by atoms with E-state index in [2.05, 4.69) is 47.7 Å². The molecule has 2 nitrogen and oxygen atoms in total. The van der Waals surface area contributed by atoms with Gasteiger partial charge in [0, 0.05) is 27.3 Å². The molecule has 0 spiro atoms. The Hall–Kier alpha value is -3.38. The fourth-order valence-electron chi connectivity index (χ4n) is 4.76. The van der Waals surface area contributed by atoms with Gasteiger partial charge in [0.05, 0.1) is 5.41 Å². The van der Waals surface area contributed by atoms with Crippen LogP contribution in [0.25, 0.3) is 11.1 Å². The first kappa shape index (κ1) is 19.6. The van der Waals surface area contributed by atoms with Crippen LogP contribution in [0.3, 0.4) is 0 Å². The van der Waals surface area contributed by atoms with Crippen LogP contribution in [0.15, 0.2) is 84.9 Å². The smallest absolute Gasteiger partial charge is 0.0726 e. The largest absolute Gasteiger partial charge is 0.399 e. The maximum Gasteiger partial charge on any atom is 0.0726 e. The summed E-state index contributed by atoms with van der Waals surface area (Å²) in [4.78, 5) is 0. The van der Waals surface area contributed by atoms with Gasteiger partial charge in [0.2, 0.25) is 0 Å². The van der Waals surface area contributed by atoms with Crippen LogP contribution >= 0.6 is 23.2 Å². The molecule has 0 saturated carbocycles.